The third-order valence-corrected chi connectivity index (χ3v) is 4.79. The van der Waals surface area contributed by atoms with Crippen LogP contribution in [0, 0.1) is 41.5 Å². The minimum atomic E-state index is 0.953. The summed E-state index contributed by atoms with van der Waals surface area (Å²) in [5.74, 6) is 0. The topological polar surface area (TPSA) is 36.1 Å². The summed E-state index contributed by atoms with van der Waals surface area (Å²) >= 11 is 0. The van der Waals surface area contributed by atoms with E-state index >= 15 is 0 Å². The molecule has 3 N–H and O–H groups in total. The van der Waals surface area contributed by atoms with Crippen molar-refractivity contribution in [3.8, 4) is 0 Å². The van der Waals surface area contributed by atoms with Gasteiger partial charge in [0.05, 0.1) is 0 Å². The summed E-state index contributed by atoms with van der Waals surface area (Å²) in [5.41, 5.74) is 10.6. The van der Waals surface area contributed by atoms with Gasteiger partial charge in [0.2, 0.25) is 0 Å². The Morgan fingerprint density at radius 1 is 0.538 bits per heavy atom. The normalized spacial score (nSPS) is 10.8. The molecule has 0 aliphatic carbocycles. The molecule has 0 fully saturated rings. The van der Waals surface area contributed by atoms with E-state index in [4.69, 9.17) is 0 Å². The van der Waals surface area contributed by atoms with Crippen LogP contribution < -0.4 is 16.0 Å². The van der Waals surface area contributed by atoms with Crippen molar-refractivity contribution in [3.63, 3.8) is 0 Å². The molecule has 0 aliphatic heterocycles. The fourth-order valence-electron chi connectivity index (χ4n) is 3.75. The Labute approximate surface area is 159 Å². The van der Waals surface area contributed by atoms with Crippen LogP contribution in [0.3, 0.4) is 0 Å². The molecule has 0 heterocycles. The van der Waals surface area contributed by atoms with Crippen LogP contribution in [0.2, 0.25) is 0 Å². The molecule has 2 aromatic rings. The van der Waals surface area contributed by atoms with Gasteiger partial charge in [-0.25, -0.2) is 0 Å². The first-order valence-corrected chi connectivity index (χ1v) is 9.72. The second-order valence-electron chi connectivity index (χ2n) is 7.50. The van der Waals surface area contributed by atoms with Crippen molar-refractivity contribution in [1.29, 1.82) is 0 Å². The molecule has 26 heavy (non-hydrogen) atoms. The van der Waals surface area contributed by atoms with E-state index in [-0.39, 0.29) is 0 Å². The molecular weight excluding hydrogens is 318 g/mol. The highest BCUT2D eigenvalue weighted by molar-refractivity contribution is 5.58. The van der Waals surface area contributed by atoms with E-state index in [1.807, 2.05) is 0 Å². The van der Waals surface area contributed by atoms with Crippen molar-refractivity contribution < 1.29 is 0 Å². The Hall–Kier alpha value is -2.00. The number of rotatable bonds is 9. The lowest BCUT2D eigenvalue weighted by molar-refractivity contribution is 0.674. The lowest BCUT2D eigenvalue weighted by Gasteiger charge is -2.15. The standard InChI is InChI=1S/C23H35N3/c1-16-12-18(3)22(19(4)13-16)25-9-7-8-24-10-11-26-23-20(5)14-17(2)15-21(23)6/h12-15,24-26H,7-11H2,1-6H3. The van der Waals surface area contributed by atoms with Gasteiger partial charge in [0, 0.05) is 31.0 Å². The van der Waals surface area contributed by atoms with Gasteiger partial charge in [0.25, 0.3) is 0 Å². The zero-order valence-corrected chi connectivity index (χ0v) is 17.3. The Kier molecular flexibility index (Phi) is 7.52. The molecule has 0 atom stereocenters. The highest BCUT2D eigenvalue weighted by Gasteiger charge is 2.04. The zero-order valence-electron chi connectivity index (χ0n) is 17.3. The molecule has 2 aromatic carbocycles. The van der Waals surface area contributed by atoms with Crippen molar-refractivity contribution in [2.45, 2.75) is 48.0 Å². The van der Waals surface area contributed by atoms with Crippen LogP contribution in [0.4, 0.5) is 11.4 Å². The summed E-state index contributed by atoms with van der Waals surface area (Å²) in [6, 6.07) is 8.97. The van der Waals surface area contributed by atoms with Gasteiger partial charge in [0.15, 0.2) is 0 Å². The number of hydrogen-bond acceptors (Lipinski definition) is 3. The number of aryl methyl sites for hydroxylation is 6. The van der Waals surface area contributed by atoms with E-state index in [1.165, 1.54) is 44.8 Å². The maximum absolute atomic E-state index is 3.59. The third kappa shape index (κ3) is 5.77. The highest BCUT2D eigenvalue weighted by atomic mass is 15.0. The molecule has 0 unspecified atom stereocenters. The molecule has 0 bridgehead atoms. The van der Waals surface area contributed by atoms with Crippen LogP contribution >= 0.6 is 0 Å². The number of anilines is 2. The van der Waals surface area contributed by atoms with Gasteiger partial charge in [-0.1, -0.05) is 35.4 Å². The van der Waals surface area contributed by atoms with Crippen LogP contribution in [0.25, 0.3) is 0 Å². The first-order chi connectivity index (χ1) is 12.4. The van der Waals surface area contributed by atoms with E-state index in [0.717, 1.165) is 32.6 Å². The quantitative estimate of drug-likeness (QED) is 0.553. The van der Waals surface area contributed by atoms with Gasteiger partial charge in [0.1, 0.15) is 0 Å². The average molecular weight is 354 g/mol. The number of benzene rings is 2. The average Bonchev–Trinajstić information content (AvgIpc) is 2.53. The summed E-state index contributed by atoms with van der Waals surface area (Å²) < 4.78 is 0. The van der Waals surface area contributed by atoms with E-state index in [0.29, 0.717) is 0 Å². The molecule has 2 rings (SSSR count). The van der Waals surface area contributed by atoms with Gasteiger partial charge in [-0.2, -0.15) is 0 Å². The largest absolute Gasteiger partial charge is 0.385 e. The molecule has 0 aliphatic rings. The first-order valence-electron chi connectivity index (χ1n) is 9.72. The van der Waals surface area contributed by atoms with Crippen molar-refractivity contribution in [1.82, 2.24) is 5.32 Å². The van der Waals surface area contributed by atoms with Crippen molar-refractivity contribution >= 4 is 11.4 Å². The van der Waals surface area contributed by atoms with E-state index in [1.54, 1.807) is 0 Å². The molecule has 0 saturated carbocycles. The predicted molar refractivity (Wildman–Crippen MR) is 116 cm³/mol. The monoisotopic (exact) mass is 353 g/mol. The van der Waals surface area contributed by atoms with Crippen LogP contribution in [0.5, 0.6) is 0 Å². The molecular formula is C23H35N3. The summed E-state index contributed by atoms with van der Waals surface area (Å²) in [4.78, 5) is 0. The SMILES string of the molecule is Cc1cc(C)c(NCCCNCCNc2c(C)cc(C)cc2C)c(C)c1. The van der Waals surface area contributed by atoms with Gasteiger partial charge in [-0.05, 0) is 76.8 Å². The summed E-state index contributed by atoms with van der Waals surface area (Å²) in [6.45, 7) is 17.0. The van der Waals surface area contributed by atoms with Crippen LogP contribution in [0.15, 0.2) is 24.3 Å². The second-order valence-corrected chi connectivity index (χ2v) is 7.50. The molecule has 0 saturated heterocycles. The third-order valence-electron chi connectivity index (χ3n) is 4.79. The van der Waals surface area contributed by atoms with E-state index in [9.17, 15) is 0 Å². The van der Waals surface area contributed by atoms with Gasteiger partial charge >= 0.3 is 0 Å². The Balaban J connectivity index is 1.63. The summed E-state index contributed by atoms with van der Waals surface area (Å²) in [5, 5.41) is 10.7. The summed E-state index contributed by atoms with van der Waals surface area (Å²) in [7, 11) is 0. The predicted octanol–water partition coefficient (Wildman–Crippen LogP) is 5.04. The van der Waals surface area contributed by atoms with E-state index < -0.39 is 0 Å². The number of hydrogen-bond donors (Lipinski definition) is 3. The van der Waals surface area contributed by atoms with Gasteiger partial charge < -0.3 is 16.0 Å². The minimum Gasteiger partial charge on any atom is -0.385 e. The van der Waals surface area contributed by atoms with Gasteiger partial charge in [-0.15, -0.1) is 0 Å². The maximum atomic E-state index is 3.59. The molecule has 3 heteroatoms. The second kappa shape index (κ2) is 9.63. The molecule has 3 nitrogen and oxygen atoms in total. The Morgan fingerprint density at radius 2 is 0.962 bits per heavy atom. The maximum Gasteiger partial charge on any atom is 0.0400 e. The Morgan fingerprint density at radius 3 is 1.42 bits per heavy atom. The van der Waals surface area contributed by atoms with Crippen LogP contribution in [-0.2, 0) is 0 Å². The molecule has 0 amide bonds. The van der Waals surface area contributed by atoms with Crippen LogP contribution in [-0.4, -0.2) is 26.2 Å². The Bertz CT molecular complexity index is 625. The van der Waals surface area contributed by atoms with Crippen molar-refractivity contribution in [3.05, 3.63) is 57.6 Å². The fourth-order valence-corrected chi connectivity index (χ4v) is 3.75. The summed E-state index contributed by atoms with van der Waals surface area (Å²) in [6.07, 6.45) is 1.12. The zero-order chi connectivity index (χ0) is 19.1. The lowest BCUT2D eigenvalue weighted by Crippen LogP contribution is -2.25. The molecule has 142 valence electrons. The highest BCUT2D eigenvalue weighted by Crippen LogP contribution is 2.22. The fraction of sp³-hybridized carbons (Fsp3) is 0.478. The molecule has 0 spiro atoms. The minimum absolute atomic E-state index is 0.953. The van der Waals surface area contributed by atoms with Crippen molar-refractivity contribution in [2.24, 2.45) is 0 Å². The van der Waals surface area contributed by atoms with Crippen LogP contribution in [0.1, 0.15) is 39.8 Å². The molecule has 0 aromatic heterocycles. The smallest absolute Gasteiger partial charge is 0.0400 e. The number of nitrogens with one attached hydrogen (secondary N) is 3. The lowest BCUT2D eigenvalue weighted by atomic mass is 10.1. The first kappa shape index (κ1) is 20.3. The van der Waals surface area contributed by atoms with Gasteiger partial charge in [-0.3, -0.25) is 0 Å². The molecule has 0 radical (unpaired) electrons. The van der Waals surface area contributed by atoms with E-state index in [2.05, 4.69) is 81.8 Å². The van der Waals surface area contributed by atoms with Crippen molar-refractivity contribution in [2.75, 3.05) is 36.8 Å².